The number of rotatable bonds is 5. The molecule has 0 fully saturated rings. The number of carbonyl (C=O) groups is 1. The molecule has 0 bridgehead atoms. The molecule has 0 aliphatic rings. The normalized spacial score (nSPS) is 12.1. The van der Waals surface area contributed by atoms with Crippen molar-refractivity contribution in [1.82, 2.24) is 0 Å². The fourth-order valence-electron chi connectivity index (χ4n) is 0.467. The second-order valence-corrected chi connectivity index (χ2v) is 5.77. The second-order valence-electron chi connectivity index (χ2n) is 2.23. The maximum atomic E-state index is 10.9. The van der Waals surface area contributed by atoms with Crippen molar-refractivity contribution < 1.29 is 34.7 Å². The topological polar surface area (TPSA) is 113 Å². The van der Waals surface area contributed by atoms with Crippen molar-refractivity contribution in [2.24, 2.45) is 0 Å². The molecule has 0 atom stereocenters. The molecule has 0 aliphatic heterocycles. The molecule has 0 radical (unpaired) electrons. The van der Waals surface area contributed by atoms with Crippen molar-refractivity contribution >= 4 is 26.4 Å². The summed E-state index contributed by atoms with van der Waals surface area (Å²) in [4.78, 5) is 10.4. The molecule has 90 valence electrons. The van der Waals surface area contributed by atoms with Crippen LogP contribution in [0.4, 0.5) is 4.79 Å². The summed E-state index contributed by atoms with van der Waals surface area (Å²) in [5, 5.41) is 0. The predicted molar refractivity (Wildman–Crippen MR) is 48.1 cm³/mol. The third kappa shape index (κ3) is 6.25. The van der Waals surface area contributed by atoms with E-state index in [1.165, 1.54) is 0 Å². The molecule has 0 unspecified atom stereocenters. The SMILES string of the molecule is COC(=O)OS(=O)(=O)CCS(=O)(=O)OC. The highest BCUT2D eigenvalue weighted by atomic mass is 32.2. The summed E-state index contributed by atoms with van der Waals surface area (Å²) in [7, 11) is -6.36. The Balaban J connectivity index is 4.36. The second kappa shape index (κ2) is 5.28. The summed E-state index contributed by atoms with van der Waals surface area (Å²) in [6.45, 7) is 0. The highest BCUT2D eigenvalue weighted by Gasteiger charge is 2.21. The Labute approximate surface area is 87.4 Å². The van der Waals surface area contributed by atoms with Crippen LogP contribution in [0.1, 0.15) is 0 Å². The summed E-state index contributed by atoms with van der Waals surface area (Å²) >= 11 is 0. The molecule has 0 aliphatic carbocycles. The van der Waals surface area contributed by atoms with Gasteiger partial charge in [-0.2, -0.15) is 16.8 Å². The smallest absolute Gasteiger partial charge is 0.437 e. The van der Waals surface area contributed by atoms with E-state index in [1.807, 2.05) is 0 Å². The van der Waals surface area contributed by atoms with Gasteiger partial charge in [0.2, 0.25) is 0 Å². The summed E-state index contributed by atoms with van der Waals surface area (Å²) < 4.78 is 55.1. The van der Waals surface area contributed by atoms with Crippen molar-refractivity contribution in [3.63, 3.8) is 0 Å². The number of ether oxygens (including phenoxy) is 1. The Morgan fingerprint density at radius 3 is 1.87 bits per heavy atom. The molecule has 0 aromatic rings. The first-order valence-corrected chi connectivity index (χ1v) is 6.66. The molecule has 15 heavy (non-hydrogen) atoms. The standard InChI is InChI=1S/C5H10O8S2/c1-11-5(6)13-15(9,10)4-3-14(7,8)12-2/h3-4H2,1-2H3. The zero-order chi connectivity index (χ0) is 12.1. The molecule has 10 heteroatoms. The van der Waals surface area contributed by atoms with Crippen LogP contribution in [0.2, 0.25) is 0 Å². The molecule has 0 saturated carbocycles. The van der Waals surface area contributed by atoms with Gasteiger partial charge in [-0.3, -0.25) is 4.18 Å². The van der Waals surface area contributed by atoms with Gasteiger partial charge in [-0.15, -0.1) is 0 Å². The molecular formula is C5H10O8S2. The first-order valence-electron chi connectivity index (χ1n) is 3.51. The van der Waals surface area contributed by atoms with Gasteiger partial charge >= 0.3 is 16.3 Å². The minimum Gasteiger partial charge on any atom is -0.437 e. The Kier molecular flexibility index (Phi) is 4.97. The third-order valence-corrected chi connectivity index (χ3v) is 3.76. The highest BCUT2D eigenvalue weighted by molar-refractivity contribution is 7.90. The van der Waals surface area contributed by atoms with E-state index < -0.39 is 37.9 Å². The van der Waals surface area contributed by atoms with Crippen molar-refractivity contribution in [2.45, 2.75) is 0 Å². The van der Waals surface area contributed by atoms with Gasteiger partial charge in [0, 0.05) is 0 Å². The molecule has 0 aromatic carbocycles. The van der Waals surface area contributed by atoms with E-state index in [4.69, 9.17) is 0 Å². The lowest BCUT2D eigenvalue weighted by atomic mass is 11.0. The van der Waals surface area contributed by atoms with Crippen molar-refractivity contribution in [3.05, 3.63) is 0 Å². The molecule has 0 aromatic heterocycles. The summed E-state index contributed by atoms with van der Waals surface area (Å²) in [5.41, 5.74) is 0. The molecule has 0 rings (SSSR count). The van der Waals surface area contributed by atoms with Gasteiger partial charge in [0.25, 0.3) is 10.1 Å². The monoisotopic (exact) mass is 262 g/mol. The number of methoxy groups -OCH3 is 1. The van der Waals surface area contributed by atoms with Gasteiger partial charge in [0.15, 0.2) is 0 Å². The van der Waals surface area contributed by atoms with E-state index in [2.05, 4.69) is 13.1 Å². The Morgan fingerprint density at radius 2 is 1.47 bits per heavy atom. The third-order valence-electron chi connectivity index (χ3n) is 1.20. The summed E-state index contributed by atoms with van der Waals surface area (Å²) in [5.74, 6) is -1.69. The van der Waals surface area contributed by atoms with Crippen LogP contribution in [0.15, 0.2) is 0 Å². The largest absolute Gasteiger partial charge is 0.523 e. The van der Waals surface area contributed by atoms with Crippen LogP contribution in [-0.4, -0.2) is 48.7 Å². The molecule has 0 spiro atoms. The van der Waals surface area contributed by atoms with Crippen LogP contribution < -0.4 is 0 Å². The zero-order valence-corrected chi connectivity index (χ0v) is 9.63. The van der Waals surface area contributed by atoms with Gasteiger partial charge in [-0.1, -0.05) is 0 Å². The van der Waals surface area contributed by atoms with Gasteiger partial charge in [0.1, 0.15) is 5.75 Å². The highest BCUT2D eigenvalue weighted by Crippen LogP contribution is 1.99. The molecule has 0 heterocycles. The van der Waals surface area contributed by atoms with Crippen LogP contribution >= 0.6 is 0 Å². The molecular weight excluding hydrogens is 252 g/mol. The van der Waals surface area contributed by atoms with Gasteiger partial charge in [-0.05, 0) is 0 Å². The number of hydrogen-bond donors (Lipinski definition) is 0. The van der Waals surface area contributed by atoms with Crippen LogP contribution in [-0.2, 0) is 33.3 Å². The molecule has 0 saturated heterocycles. The lowest BCUT2D eigenvalue weighted by Crippen LogP contribution is -2.22. The predicted octanol–water partition coefficient (Wildman–Crippen LogP) is -0.925. The van der Waals surface area contributed by atoms with Crippen LogP contribution in [0.5, 0.6) is 0 Å². The Hall–Kier alpha value is -0.870. The van der Waals surface area contributed by atoms with E-state index in [-0.39, 0.29) is 0 Å². The molecule has 0 amide bonds. The average Bonchev–Trinajstić information content (AvgIpc) is 2.14. The maximum Gasteiger partial charge on any atom is 0.523 e. The number of hydrogen-bond acceptors (Lipinski definition) is 8. The lowest BCUT2D eigenvalue weighted by molar-refractivity contribution is 0.124. The van der Waals surface area contributed by atoms with Crippen LogP contribution in [0.3, 0.4) is 0 Å². The summed E-state index contributed by atoms with van der Waals surface area (Å²) in [6.07, 6.45) is -1.43. The van der Waals surface area contributed by atoms with Crippen LogP contribution in [0.25, 0.3) is 0 Å². The lowest BCUT2D eigenvalue weighted by Gasteiger charge is -2.03. The Bertz CT molecular complexity index is 404. The van der Waals surface area contributed by atoms with Crippen molar-refractivity contribution in [2.75, 3.05) is 25.7 Å². The summed E-state index contributed by atoms with van der Waals surface area (Å²) in [6, 6.07) is 0. The van der Waals surface area contributed by atoms with Gasteiger partial charge in [0.05, 0.1) is 20.0 Å². The van der Waals surface area contributed by atoms with Gasteiger partial charge < -0.3 is 8.92 Å². The quantitative estimate of drug-likeness (QED) is 0.461. The van der Waals surface area contributed by atoms with E-state index in [0.29, 0.717) is 0 Å². The number of carbonyl (C=O) groups excluding carboxylic acids is 1. The van der Waals surface area contributed by atoms with E-state index in [9.17, 15) is 21.6 Å². The fourth-order valence-corrected chi connectivity index (χ4v) is 2.63. The molecule has 8 nitrogen and oxygen atoms in total. The van der Waals surface area contributed by atoms with E-state index in [0.717, 1.165) is 14.2 Å². The minimum atomic E-state index is -4.27. The fraction of sp³-hybridized carbons (Fsp3) is 0.800. The van der Waals surface area contributed by atoms with Crippen LogP contribution in [0, 0.1) is 0 Å². The van der Waals surface area contributed by atoms with E-state index >= 15 is 0 Å². The minimum absolute atomic E-state index is 0.803. The maximum absolute atomic E-state index is 10.9. The van der Waals surface area contributed by atoms with Crippen molar-refractivity contribution in [3.8, 4) is 0 Å². The molecule has 0 N–H and O–H groups in total. The first-order chi connectivity index (χ1) is 6.72. The zero-order valence-electron chi connectivity index (χ0n) is 8.00. The Morgan fingerprint density at radius 1 is 1.00 bits per heavy atom. The average molecular weight is 262 g/mol. The van der Waals surface area contributed by atoms with Gasteiger partial charge in [-0.25, -0.2) is 4.79 Å². The van der Waals surface area contributed by atoms with Crippen molar-refractivity contribution in [1.29, 1.82) is 0 Å². The van der Waals surface area contributed by atoms with E-state index in [1.54, 1.807) is 0 Å². The first kappa shape index (κ1) is 14.1.